The Morgan fingerprint density at radius 3 is 2.62 bits per heavy atom. The molecule has 0 saturated carbocycles. The lowest BCUT2D eigenvalue weighted by molar-refractivity contribution is 0.0982. The summed E-state index contributed by atoms with van der Waals surface area (Å²) < 4.78 is 5.52. The van der Waals surface area contributed by atoms with Gasteiger partial charge in [0, 0.05) is 35.0 Å². The van der Waals surface area contributed by atoms with Gasteiger partial charge in [0.2, 0.25) is 0 Å². The molecule has 0 radical (unpaired) electrons. The number of benzene rings is 2. The van der Waals surface area contributed by atoms with E-state index in [0.29, 0.717) is 6.42 Å². The highest BCUT2D eigenvalue weighted by Gasteiger charge is 2.19. The van der Waals surface area contributed by atoms with Gasteiger partial charge in [0.05, 0.1) is 19.3 Å². The van der Waals surface area contributed by atoms with Crippen molar-refractivity contribution < 1.29 is 9.53 Å². The fourth-order valence-electron chi connectivity index (χ4n) is 2.95. The molecule has 0 aliphatic carbocycles. The van der Waals surface area contributed by atoms with Crippen LogP contribution in [0.5, 0.6) is 5.75 Å². The van der Waals surface area contributed by atoms with Crippen molar-refractivity contribution in [3.63, 3.8) is 0 Å². The highest BCUT2D eigenvalue weighted by Crippen LogP contribution is 2.32. The zero-order valence-electron chi connectivity index (χ0n) is 15.0. The summed E-state index contributed by atoms with van der Waals surface area (Å²) >= 11 is 0. The van der Waals surface area contributed by atoms with Gasteiger partial charge in [0.25, 0.3) is 0 Å². The number of para-hydroxylation sites is 1. The second-order valence-corrected chi connectivity index (χ2v) is 6.10. The summed E-state index contributed by atoms with van der Waals surface area (Å²) in [7, 11) is 1.67. The number of ketones is 1. The lowest BCUT2D eigenvalue weighted by Crippen LogP contribution is -2.13. The van der Waals surface area contributed by atoms with Crippen LogP contribution in [0, 0.1) is 0 Å². The van der Waals surface area contributed by atoms with Crippen molar-refractivity contribution in [1.82, 2.24) is 10.2 Å². The van der Waals surface area contributed by atoms with Gasteiger partial charge < -0.3 is 10.1 Å². The number of nitrogens with zero attached hydrogens (tertiary/aromatic N) is 1. The molecule has 0 spiro atoms. The largest absolute Gasteiger partial charge is 0.496 e. The zero-order valence-corrected chi connectivity index (χ0v) is 15.0. The quantitative estimate of drug-likeness (QED) is 0.583. The summed E-state index contributed by atoms with van der Waals surface area (Å²) in [5, 5.41) is 10.5. The third-order valence-corrected chi connectivity index (χ3v) is 4.30. The normalized spacial score (nSPS) is 11.8. The summed E-state index contributed by atoms with van der Waals surface area (Å²) in [6.07, 6.45) is 5.09. The molecule has 2 N–H and O–H groups in total. The van der Waals surface area contributed by atoms with Gasteiger partial charge in [-0.05, 0) is 36.8 Å². The first-order valence-electron chi connectivity index (χ1n) is 8.74. The Morgan fingerprint density at radius 1 is 1.19 bits per heavy atom. The number of carbonyl (C=O) groups excluding carboxylic acids is 1. The van der Waals surface area contributed by atoms with Gasteiger partial charge in [-0.3, -0.25) is 9.89 Å². The van der Waals surface area contributed by atoms with Gasteiger partial charge in [0.1, 0.15) is 5.75 Å². The number of hydrogen-bond donors (Lipinski definition) is 2. The third-order valence-electron chi connectivity index (χ3n) is 4.30. The highest BCUT2D eigenvalue weighted by molar-refractivity contribution is 5.96. The second kappa shape index (κ2) is 8.34. The zero-order chi connectivity index (χ0) is 18.4. The number of methoxy groups -OCH3 is 1. The van der Waals surface area contributed by atoms with E-state index in [1.807, 2.05) is 61.7 Å². The Bertz CT molecular complexity index is 842. The molecule has 1 unspecified atom stereocenters. The van der Waals surface area contributed by atoms with E-state index in [2.05, 4.69) is 15.5 Å². The number of Topliss-reactive ketones (excluding diaryl/α,β-unsaturated/α-hetero) is 1. The van der Waals surface area contributed by atoms with Crippen LogP contribution < -0.4 is 10.1 Å². The first-order chi connectivity index (χ1) is 12.7. The maximum absolute atomic E-state index is 12.0. The van der Waals surface area contributed by atoms with Crippen LogP contribution in [-0.2, 0) is 0 Å². The molecule has 0 amide bonds. The Kier molecular flexibility index (Phi) is 5.69. The van der Waals surface area contributed by atoms with E-state index in [1.54, 1.807) is 13.3 Å². The first-order valence-corrected chi connectivity index (χ1v) is 8.74. The lowest BCUT2D eigenvalue weighted by Gasteiger charge is -2.21. The van der Waals surface area contributed by atoms with Crippen LogP contribution in [-0.4, -0.2) is 23.1 Å². The van der Waals surface area contributed by atoms with E-state index in [1.165, 1.54) is 0 Å². The number of hydrogen-bond acceptors (Lipinski definition) is 4. The van der Waals surface area contributed by atoms with Crippen LogP contribution >= 0.6 is 0 Å². The number of ether oxygens (including phenoxy) is 1. The summed E-state index contributed by atoms with van der Waals surface area (Å²) in [5.74, 6) is 0.983. The molecule has 0 aliphatic heterocycles. The third kappa shape index (κ3) is 3.94. The SMILES string of the molecule is CCCC(=O)c1ccc(NC(c2cn[nH]c2)c2ccccc2OC)cc1. The van der Waals surface area contributed by atoms with Gasteiger partial charge in [-0.1, -0.05) is 25.1 Å². The summed E-state index contributed by atoms with van der Waals surface area (Å²) in [6.45, 7) is 2.01. The number of carbonyl (C=O) groups is 1. The standard InChI is InChI=1S/C21H23N3O2/c1-3-6-19(25)15-9-11-17(12-10-15)24-21(16-13-22-23-14-16)18-7-4-5-8-20(18)26-2/h4-5,7-14,21,24H,3,6H2,1-2H3,(H,22,23). The fraction of sp³-hybridized carbons (Fsp3) is 0.238. The average Bonchev–Trinajstić information content (AvgIpc) is 3.21. The molecule has 1 atom stereocenters. The second-order valence-electron chi connectivity index (χ2n) is 6.10. The van der Waals surface area contributed by atoms with E-state index >= 15 is 0 Å². The van der Waals surface area contributed by atoms with Gasteiger partial charge in [-0.25, -0.2) is 0 Å². The van der Waals surface area contributed by atoms with Crippen molar-refractivity contribution >= 4 is 11.5 Å². The minimum absolute atomic E-state index is 0.123. The number of rotatable bonds is 8. The van der Waals surface area contributed by atoms with Crippen LogP contribution in [0.4, 0.5) is 5.69 Å². The van der Waals surface area contributed by atoms with Crippen molar-refractivity contribution in [2.45, 2.75) is 25.8 Å². The Morgan fingerprint density at radius 2 is 1.96 bits per heavy atom. The number of H-pyrrole nitrogens is 1. The molecule has 26 heavy (non-hydrogen) atoms. The molecule has 1 aromatic heterocycles. The number of nitrogens with one attached hydrogen (secondary N) is 2. The van der Waals surface area contributed by atoms with E-state index < -0.39 is 0 Å². The van der Waals surface area contributed by atoms with Gasteiger partial charge in [-0.2, -0.15) is 5.10 Å². The molecule has 0 bridgehead atoms. The van der Waals surface area contributed by atoms with E-state index in [0.717, 1.165) is 34.5 Å². The molecule has 0 fully saturated rings. The molecular weight excluding hydrogens is 326 g/mol. The Labute approximate surface area is 153 Å². The smallest absolute Gasteiger partial charge is 0.162 e. The molecule has 5 heteroatoms. The van der Waals surface area contributed by atoms with Crippen LogP contribution in [0.2, 0.25) is 0 Å². The predicted molar refractivity (Wildman–Crippen MR) is 103 cm³/mol. The molecule has 1 heterocycles. The van der Waals surface area contributed by atoms with Crippen molar-refractivity contribution in [2.24, 2.45) is 0 Å². The minimum atomic E-state index is -0.123. The monoisotopic (exact) mass is 349 g/mol. The maximum atomic E-state index is 12.0. The number of aromatic amines is 1. The van der Waals surface area contributed by atoms with Gasteiger partial charge in [0.15, 0.2) is 5.78 Å². The van der Waals surface area contributed by atoms with Gasteiger partial charge in [-0.15, -0.1) is 0 Å². The molecule has 3 rings (SSSR count). The van der Waals surface area contributed by atoms with Gasteiger partial charge >= 0.3 is 0 Å². The van der Waals surface area contributed by atoms with E-state index in [9.17, 15) is 4.79 Å². The molecule has 5 nitrogen and oxygen atoms in total. The van der Waals surface area contributed by atoms with Crippen molar-refractivity contribution in [2.75, 3.05) is 12.4 Å². The highest BCUT2D eigenvalue weighted by atomic mass is 16.5. The molecule has 0 aliphatic rings. The van der Waals surface area contributed by atoms with Crippen molar-refractivity contribution in [1.29, 1.82) is 0 Å². The Balaban J connectivity index is 1.88. The van der Waals surface area contributed by atoms with E-state index in [-0.39, 0.29) is 11.8 Å². The molecular formula is C21H23N3O2. The van der Waals surface area contributed by atoms with E-state index in [4.69, 9.17) is 4.74 Å². The summed E-state index contributed by atoms with van der Waals surface area (Å²) in [5.41, 5.74) is 3.69. The van der Waals surface area contributed by atoms with Crippen molar-refractivity contribution in [3.8, 4) is 5.75 Å². The summed E-state index contributed by atoms with van der Waals surface area (Å²) in [6, 6.07) is 15.4. The maximum Gasteiger partial charge on any atom is 0.162 e. The summed E-state index contributed by atoms with van der Waals surface area (Å²) in [4.78, 5) is 12.0. The number of aromatic nitrogens is 2. The van der Waals surface area contributed by atoms with Crippen LogP contribution in [0.3, 0.4) is 0 Å². The Hall–Kier alpha value is -3.08. The predicted octanol–water partition coefficient (Wildman–Crippen LogP) is 4.60. The molecule has 134 valence electrons. The topological polar surface area (TPSA) is 67.0 Å². The molecule has 3 aromatic rings. The van der Waals surface area contributed by atoms with Crippen LogP contribution in [0.15, 0.2) is 60.9 Å². The molecule has 0 saturated heterocycles. The van der Waals surface area contributed by atoms with Crippen molar-refractivity contribution in [3.05, 3.63) is 77.6 Å². The lowest BCUT2D eigenvalue weighted by atomic mass is 9.99. The number of anilines is 1. The fourth-order valence-corrected chi connectivity index (χ4v) is 2.95. The van der Waals surface area contributed by atoms with Crippen LogP contribution in [0.1, 0.15) is 47.3 Å². The first kappa shape index (κ1) is 17.7. The minimum Gasteiger partial charge on any atom is -0.496 e. The van der Waals surface area contributed by atoms with Crippen LogP contribution in [0.25, 0.3) is 0 Å². The average molecular weight is 349 g/mol. The molecule has 2 aromatic carbocycles.